The average Bonchev–Trinajstić information content (AvgIpc) is 3.24. The van der Waals surface area contributed by atoms with E-state index in [1.54, 1.807) is 17.1 Å². The number of rotatable bonds is 8. The topological polar surface area (TPSA) is 138 Å². The van der Waals surface area contributed by atoms with E-state index in [4.69, 9.17) is 19.9 Å². The largest absolute Gasteiger partial charge is 0.490 e. The van der Waals surface area contributed by atoms with Gasteiger partial charge in [-0.1, -0.05) is 24.6 Å². The van der Waals surface area contributed by atoms with Crippen molar-refractivity contribution in [2.75, 3.05) is 22.6 Å². The predicted molar refractivity (Wildman–Crippen MR) is 158 cm³/mol. The average molecular weight is 629 g/mol. The van der Waals surface area contributed by atoms with Crippen LogP contribution < -0.4 is 15.5 Å². The zero-order chi connectivity index (χ0) is 32.6. The number of anilines is 3. The SMILES string of the molecule is CN(Cc1ncn(C)n1)c1nc2c(c(NCc3cccc(NC(=O)c4cccc(F)c4)c3)n1)CCCCC2.O=C(O)C(F)(F)F. The number of aliphatic carboxylic acids is 1. The summed E-state index contributed by atoms with van der Waals surface area (Å²) in [5.74, 6) is -1.38. The fourth-order valence-electron chi connectivity index (χ4n) is 4.59. The molecular weight excluding hydrogens is 596 g/mol. The number of carbonyl (C=O) groups is 2. The summed E-state index contributed by atoms with van der Waals surface area (Å²) in [6, 6.07) is 13.2. The van der Waals surface area contributed by atoms with Crippen molar-refractivity contribution in [3.05, 3.63) is 88.9 Å². The molecule has 2 aromatic carbocycles. The second-order valence-electron chi connectivity index (χ2n) is 10.4. The molecule has 1 amide bonds. The number of hydrogen-bond donors (Lipinski definition) is 3. The van der Waals surface area contributed by atoms with Crippen LogP contribution in [0.5, 0.6) is 0 Å². The predicted octanol–water partition coefficient (Wildman–Crippen LogP) is 5.15. The van der Waals surface area contributed by atoms with E-state index < -0.39 is 18.0 Å². The van der Waals surface area contributed by atoms with E-state index in [1.807, 2.05) is 43.3 Å². The lowest BCUT2D eigenvalue weighted by Gasteiger charge is -2.20. The zero-order valence-electron chi connectivity index (χ0n) is 24.6. The lowest BCUT2D eigenvalue weighted by Crippen LogP contribution is -2.22. The second kappa shape index (κ2) is 14.6. The van der Waals surface area contributed by atoms with Gasteiger partial charge in [-0.25, -0.2) is 19.2 Å². The Labute approximate surface area is 256 Å². The number of carboxylic acids is 1. The van der Waals surface area contributed by atoms with Gasteiger partial charge in [0.2, 0.25) is 5.95 Å². The van der Waals surface area contributed by atoms with Crippen molar-refractivity contribution in [3.8, 4) is 0 Å². The first-order valence-corrected chi connectivity index (χ1v) is 14.0. The van der Waals surface area contributed by atoms with Crippen LogP contribution in [0.3, 0.4) is 0 Å². The van der Waals surface area contributed by atoms with Gasteiger partial charge in [0, 0.05) is 37.5 Å². The Morgan fingerprint density at radius 3 is 2.47 bits per heavy atom. The molecule has 15 heteroatoms. The first kappa shape index (κ1) is 32.8. The third-order valence-electron chi connectivity index (χ3n) is 6.76. The number of fused-ring (bicyclic) bond motifs is 1. The molecule has 45 heavy (non-hydrogen) atoms. The lowest BCUT2D eigenvalue weighted by atomic mass is 10.1. The van der Waals surface area contributed by atoms with Gasteiger partial charge in [-0.2, -0.15) is 23.3 Å². The van der Waals surface area contributed by atoms with Crippen molar-refractivity contribution < 1.29 is 32.3 Å². The third-order valence-corrected chi connectivity index (χ3v) is 6.76. The molecule has 0 saturated carbocycles. The molecule has 0 radical (unpaired) electrons. The van der Waals surface area contributed by atoms with Gasteiger partial charge in [0.15, 0.2) is 5.82 Å². The number of aromatic nitrogens is 5. The van der Waals surface area contributed by atoms with E-state index in [0.717, 1.165) is 42.8 Å². The maximum atomic E-state index is 13.5. The van der Waals surface area contributed by atoms with Crippen LogP contribution in [0, 0.1) is 5.82 Å². The number of nitrogens with one attached hydrogen (secondary N) is 2. The van der Waals surface area contributed by atoms with Gasteiger partial charge in [-0.05, 0) is 61.6 Å². The first-order valence-electron chi connectivity index (χ1n) is 14.0. The van der Waals surface area contributed by atoms with Crippen LogP contribution >= 0.6 is 0 Å². The number of hydrogen-bond acceptors (Lipinski definition) is 8. The van der Waals surface area contributed by atoms with E-state index in [2.05, 4.69) is 20.7 Å². The highest BCUT2D eigenvalue weighted by molar-refractivity contribution is 6.04. The molecule has 238 valence electrons. The maximum Gasteiger partial charge on any atom is 0.490 e. The molecule has 0 atom stereocenters. The number of carbonyl (C=O) groups excluding carboxylic acids is 1. The van der Waals surface area contributed by atoms with Crippen molar-refractivity contribution in [2.24, 2.45) is 7.05 Å². The summed E-state index contributed by atoms with van der Waals surface area (Å²) in [5.41, 5.74) is 4.16. The highest BCUT2D eigenvalue weighted by Gasteiger charge is 2.38. The van der Waals surface area contributed by atoms with Crippen LogP contribution in [0.25, 0.3) is 0 Å². The molecule has 1 aliphatic carbocycles. The molecule has 4 aromatic rings. The van der Waals surface area contributed by atoms with Crippen LogP contribution in [0.2, 0.25) is 0 Å². The van der Waals surface area contributed by atoms with E-state index in [9.17, 15) is 22.4 Å². The summed E-state index contributed by atoms with van der Waals surface area (Å²) < 4.78 is 46.9. The standard InChI is InChI=1S/C28H31FN8O.C2HF3O2/c1-36(17-25-31-18-37(2)35-25)28-33-24-13-5-3-4-12-23(24)26(34-28)30-16-19-8-6-11-22(14-19)32-27(38)20-9-7-10-21(29)15-20;3-2(4,5)1(6)7/h6-11,14-15,18H,3-5,12-13,16-17H2,1-2H3,(H,32,38)(H,30,33,34);(H,6,7). The normalized spacial score (nSPS) is 12.7. The van der Waals surface area contributed by atoms with E-state index in [-0.39, 0.29) is 11.5 Å². The molecule has 11 nitrogen and oxygen atoms in total. The number of carboxylic acid groups (broad SMARTS) is 1. The number of amides is 1. The zero-order valence-corrected chi connectivity index (χ0v) is 24.6. The molecular formula is C30H32F4N8O3. The molecule has 2 aromatic heterocycles. The summed E-state index contributed by atoms with van der Waals surface area (Å²) in [4.78, 5) is 37.6. The molecule has 0 aliphatic heterocycles. The summed E-state index contributed by atoms with van der Waals surface area (Å²) >= 11 is 0. The van der Waals surface area contributed by atoms with Gasteiger partial charge in [0.1, 0.15) is 18.0 Å². The molecule has 0 spiro atoms. The lowest BCUT2D eigenvalue weighted by molar-refractivity contribution is -0.192. The van der Waals surface area contributed by atoms with Gasteiger partial charge in [0.05, 0.1) is 12.2 Å². The Balaban J connectivity index is 0.000000591. The third kappa shape index (κ3) is 9.45. The smallest absolute Gasteiger partial charge is 0.475 e. The minimum atomic E-state index is -5.08. The summed E-state index contributed by atoms with van der Waals surface area (Å²) in [6.07, 6.45) is 1.86. The van der Waals surface area contributed by atoms with E-state index >= 15 is 0 Å². The maximum absolute atomic E-state index is 13.5. The van der Waals surface area contributed by atoms with Crippen molar-refractivity contribution >= 4 is 29.3 Å². The van der Waals surface area contributed by atoms with Gasteiger partial charge in [-0.3, -0.25) is 9.48 Å². The molecule has 0 saturated heterocycles. The van der Waals surface area contributed by atoms with Gasteiger partial charge in [0.25, 0.3) is 5.91 Å². The van der Waals surface area contributed by atoms with Crippen LogP contribution in [0.15, 0.2) is 54.9 Å². The Morgan fingerprint density at radius 1 is 1.04 bits per heavy atom. The van der Waals surface area contributed by atoms with Crippen LogP contribution in [-0.2, 0) is 37.8 Å². The first-order chi connectivity index (χ1) is 21.4. The minimum Gasteiger partial charge on any atom is -0.475 e. The summed E-state index contributed by atoms with van der Waals surface area (Å²) in [6.45, 7) is 1.03. The second-order valence-corrected chi connectivity index (χ2v) is 10.4. The van der Waals surface area contributed by atoms with Crippen molar-refractivity contribution in [2.45, 2.75) is 51.4 Å². The fourth-order valence-corrected chi connectivity index (χ4v) is 4.59. The highest BCUT2D eigenvalue weighted by Crippen LogP contribution is 2.28. The molecule has 0 fully saturated rings. The molecule has 1 aliphatic rings. The Morgan fingerprint density at radius 2 is 1.78 bits per heavy atom. The van der Waals surface area contributed by atoms with Crippen molar-refractivity contribution in [1.29, 1.82) is 0 Å². The minimum absolute atomic E-state index is 0.273. The van der Waals surface area contributed by atoms with Crippen molar-refractivity contribution in [1.82, 2.24) is 24.7 Å². The fraction of sp³-hybridized carbons (Fsp3) is 0.333. The van der Waals surface area contributed by atoms with Crippen molar-refractivity contribution in [3.63, 3.8) is 0 Å². The molecule has 3 N–H and O–H groups in total. The Hall–Kier alpha value is -5.08. The van der Waals surface area contributed by atoms with Crippen LogP contribution in [-0.4, -0.2) is 54.9 Å². The number of alkyl halides is 3. The van der Waals surface area contributed by atoms with E-state index in [0.29, 0.717) is 30.5 Å². The van der Waals surface area contributed by atoms with Gasteiger partial charge in [-0.15, -0.1) is 0 Å². The number of nitrogens with zero attached hydrogens (tertiary/aromatic N) is 6. The monoisotopic (exact) mass is 628 g/mol. The van der Waals surface area contributed by atoms with Gasteiger partial charge < -0.3 is 20.6 Å². The summed E-state index contributed by atoms with van der Waals surface area (Å²) in [7, 11) is 3.79. The Kier molecular flexibility index (Phi) is 10.6. The quantitative estimate of drug-likeness (QED) is 0.179. The highest BCUT2D eigenvalue weighted by atomic mass is 19.4. The Bertz CT molecular complexity index is 1640. The van der Waals surface area contributed by atoms with Crippen LogP contribution in [0.1, 0.15) is 52.3 Å². The summed E-state index contributed by atoms with van der Waals surface area (Å²) in [5, 5.41) is 17.9. The number of benzene rings is 2. The molecule has 2 heterocycles. The number of aryl methyl sites for hydroxylation is 2. The van der Waals surface area contributed by atoms with E-state index in [1.165, 1.54) is 30.2 Å². The van der Waals surface area contributed by atoms with Crippen LogP contribution in [0.4, 0.5) is 35.0 Å². The molecule has 0 bridgehead atoms. The van der Waals surface area contributed by atoms with Gasteiger partial charge >= 0.3 is 12.1 Å². The number of halogens is 4. The molecule has 0 unspecified atom stereocenters. The molecule has 5 rings (SSSR count).